The summed E-state index contributed by atoms with van der Waals surface area (Å²) in [6.07, 6.45) is 0. The Morgan fingerprint density at radius 1 is 0.708 bits per heavy atom. The molecular formula is C20H28MnN3-. The van der Waals surface area contributed by atoms with Gasteiger partial charge in [0, 0.05) is 29.2 Å². The first kappa shape index (κ1) is 20.9. The van der Waals surface area contributed by atoms with Gasteiger partial charge in [-0.3, -0.25) is 0 Å². The number of rotatable bonds is 6. The van der Waals surface area contributed by atoms with E-state index in [1.807, 2.05) is 0 Å². The monoisotopic (exact) mass is 365 g/mol. The average Bonchev–Trinajstić information content (AvgIpc) is 2.46. The molecule has 4 N–H and O–H groups in total. The van der Waals surface area contributed by atoms with Crippen molar-refractivity contribution in [1.82, 2.24) is 0 Å². The van der Waals surface area contributed by atoms with E-state index in [-0.39, 0.29) is 29.2 Å². The van der Waals surface area contributed by atoms with Crippen LogP contribution in [0.3, 0.4) is 0 Å². The quantitative estimate of drug-likeness (QED) is 0.760. The number of hydrogen-bond donors (Lipinski definition) is 2. The van der Waals surface area contributed by atoms with Crippen molar-refractivity contribution in [3.8, 4) is 0 Å². The first-order chi connectivity index (χ1) is 10.9. The normalized spacial score (nSPS) is 13.2. The van der Waals surface area contributed by atoms with Crippen LogP contribution in [0.4, 0.5) is 0 Å². The second-order valence-electron chi connectivity index (χ2n) is 6.41. The molecule has 0 bridgehead atoms. The van der Waals surface area contributed by atoms with Crippen LogP contribution in [0.1, 0.15) is 45.5 Å². The molecular weight excluding hydrogens is 337 g/mol. The summed E-state index contributed by atoms with van der Waals surface area (Å²) in [6.45, 7) is 9.61. The molecule has 0 fully saturated rings. The minimum atomic E-state index is -0.0682. The fraction of sp³-hybridized carbons (Fsp3) is 0.400. The Morgan fingerprint density at radius 3 is 1.29 bits per heavy atom. The molecule has 1 radical (unpaired) electrons. The van der Waals surface area contributed by atoms with Crippen molar-refractivity contribution >= 4 is 0 Å². The molecule has 0 aliphatic heterocycles. The predicted molar refractivity (Wildman–Crippen MR) is 98.8 cm³/mol. The maximum Gasteiger partial charge on any atom is 0.0110 e. The molecule has 0 aliphatic carbocycles. The molecule has 2 aromatic rings. The van der Waals surface area contributed by atoms with E-state index in [1.165, 1.54) is 33.4 Å². The third-order valence-electron chi connectivity index (χ3n) is 4.48. The van der Waals surface area contributed by atoms with E-state index in [2.05, 4.69) is 69.4 Å². The Morgan fingerprint density at radius 2 is 1.00 bits per heavy atom. The van der Waals surface area contributed by atoms with Gasteiger partial charge in [0.1, 0.15) is 0 Å². The minimum Gasteiger partial charge on any atom is -0.659 e. The third kappa shape index (κ3) is 4.92. The summed E-state index contributed by atoms with van der Waals surface area (Å²) in [5.41, 5.74) is 20.0. The second kappa shape index (κ2) is 9.36. The van der Waals surface area contributed by atoms with Crippen molar-refractivity contribution in [1.29, 1.82) is 0 Å². The Hall–Kier alpha value is -1.16. The molecule has 0 aliphatic rings. The van der Waals surface area contributed by atoms with Gasteiger partial charge in [-0.15, -0.1) is 13.1 Å². The van der Waals surface area contributed by atoms with Crippen molar-refractivity contribution in [3.63, 3.8) is 0 Å². The van der Waals surface area contributed by atoms with Gasteiger partial charge in [-0.05, 0) is 61.1 Å². The van der Waals surface area contributed by atoms with Gasteiger partial charge in [0.25, 0.3) is 0 Å². The number of aryl methyl sites for hydroxylation is 4. The van der Waals surface area contributed by atoms with Gasteiger partial charge in [0.2, 0.25) is 0 Å². The van der Waals surface area contributed by atoms with Crippen LogP contribution >= 0.6 is 0 Å². The van der Waals surface area contributed by atoms with Crippen molar-refractivity contribution in [3.05, 3.63) is 75.1 Å². The summed E-state index contributed by atoms with van der Waals surface area (Å²) in [7, 11) is 0. The van der Waals surface area contributed by atoms with Crippen molar-refractivity contribution in [2.24, 2.45) is 11.5 Å². The number of benzene rings is 2. The molecule has 2 rings (SSSR count). The summed E-state index contributed by atoms with van der Waals surface area (Å²) < 4.78 is 0. The van der Waals surface area contributed by atoms with Crippen LogP contribution in [0.15, 0.2) is 36.4 Å². The SMILES string of the molecule is Cc1cccc(C)c1C(N)C[N-]CC(N)c1c(C)cccc1C.[Mn]. The van der Waals surface area contributed by atoms with Crippen molar-refractivity contribution in [2.45, 2.75) is 39.8 Å². The topological polar surface area (TPSA) is 66.1 Å². The number of hydrogen-bond acceptors (Lipinski definition) is 2. The average molecular weight is 365 g/mol. The van der Waals surface area contributed by atoms with Gasteiger partial charge in [0.05, 0.1) is 0 Å². The molecule has 24 heavy (non-hydrogen) atoms. The van der Waals surface area contributed by atoms with Gasteiger partial charge in [-0.2, -0.15) is 0 Å². The summed E-state index contributed by atoms with van der Waals surface area (Å²) in [4.78, 5) is 0. The number of nitrogens with zero attached hydrogens (tertiary/aromatic N) is 1. The maximum absolute atomic E-state index is 6.35. The van der Waals surface area contributed by atoms with Gasteiger partial charge < -0.3 is 16.8 Å². The van der Waals surface area contributed by atoms with Crippen LogP contribution < -0.4 is 11.5 Å². The maximum atomic E-state index is 6.35. The van der Waals surface area contributed by atoms with E-state index >= 15 is 0 Å². The molecule has 2 aromatic carbocycles. The first-order valence-corrected chi connectivity index (χ1v) is 8.18. The van der Waals surface area contributed by atoms with Crippen LogP contribution in [-0.4, -0.2) is 13.1 Å². The molecule has 0 saturated carbocycles. The molecule has 0 amide bonds. The first-order valence-electron chi connectivity index (χ1n) is 8.18. The fourth-order valence-electron chi connectivity index (χ4n) is 3.36. The number of nitrogens with two attached hydrogens (primary N) is 2. The van der Waals surface area contributed by atoms with Crippen molar-refractivity contribution < 1.29 is 17.1 Å². The van der Waals surface area contributed by atoms with Gasteiger partial charge in [-0.1, -0.05) is 36.4 Å². The molecule has 0 spiro atoms. The Kier molecular flexibility index (Phi) is 8.14. The van der Waals surface area contributed by atoms with Crippen LogP contribution in [0.2, 0.25) is 0 Å². The van der Waals surface area contributed by atoms with E-state index in [4.69, 9.17) is 11.5 Å². The Balaban J connectivity index is 0.00000288. The van der Waals surface area contributed by atoms with Gasteiger partial charge >= 0.3 is 0 Å². The summed E-state index contributed by atoms with van der Waals surface area (Å²) >= 11 is 0. The largest absolute Gasteiger partial charge is 0.659 e. The van der Waals surface area contributed by atoms with Crippen LogP contribution in [-0.2, 0) is 17.1 Å². The molecule has 131 valence electrons. The molecule has 0 aromatic heterocycles. The second-order valence-corrected chi connectivity index (χ2v) is 6.41. The Bertz CT molecular complexity index is 572. The molecule has 4 heteroatoms. The molecule has 0 saturated heterocycles. The van der Waals surface area contributed by atoms with E-state index in [9.17, 15) is 0 Å². The molecule has 3 nitrogen and oxygen atoms in total. The van der Waals surface area contributed by atoms with Crippen LogP contribution in [0.25, 0.3) is 5.32 Å². The van der Waals surface area contributed by atoms with Crippen LogP contribution in [0, 0.1) is 27.7 Å². The smallest absolute Gasteiger partial charge is 0.0110 e. The summed E-state index contributed by atoms with van der Waals surface area (Å²) in [5.74, 6) is 0. The van der Waals surface area contributed by atoms with Gasteiger partial charge in [-0.25, -0.2) is 0 Å². The van der Waals surface area contributed by atoms with E-state index in [1.54, 1.807) is 0 Å². The predicted octanol–water partition coefficient (Wildman–Crippen LogP) is 3.99. The zero-order valence-corrected chi connectivity index (χ0v) is 16.2. The van der Waals surface area contributed by atoms with E-state index in [0.717, 1.165) is 0 Å². The molecule has 0 heterocycles. The van der Waals surface area contributed by atoms with E-state index in [0.29, 0.717) is 13.1 Å². The molecule has 2 unspecified atom stereocenters. The standard InChI is InChI=1S/C20H28N3.Mn/c1-13-7-5-8-14(2)19(13)17(21)11-23-12-18(22)20-15(3)9-6-10-16(20)4;/h5-10,17-18H,11-12,21-22H2,1-4H3;/q-1;. The van der Waals surface area contributed by atoms with Crippen LogP contribution in [0.5, 0.6) is 0 Å². The fourth-order valence-corrected chi connectivity index (χ4v) is 3.36. The van der Waals surface area contributed by atoms with Crippen molar-refractivity contribution in [2.75, 3.05) is 13.1 Å². The zero-order chi connectivity index (χ0) is 17.0. The zero-order valence-electron chi connectivity index (χ0n) is 15.0. The van der Waals surface area contributed by atoms with Gasteiger partial charge in [0.15, 0.2) is 0 Å². The summed E-state index contributed by atoms with van der Waals surface area (Å²) in [6, 6.07) is 12.4. The summed E-state index contributed by atoms with van der Waals surface area (Å²) in [5, 5.41) is 4.64. The minimum absolute atomic E-state index is 0. The molecule has 2 atom stereocenters. The Labute approximate surface area is 156 Å². The third-order valence-corrected chi connectivity index (χ3v) is 4.48. The van der Waals surface area contributed by atoms with E-state index < -0.39 is 0 Å².